The van der Waals surface area contributed by atoms with E-state index in [4.69, 9.17) is 4.74 Å². The fourth-order valence-corrected chi connectivity index (χ4v) is 2.67. The number of thiophene rings is 1. The molecule has 17 heavy (non-hydrogen) atoms. The second-order valence-electron chi connectivity index (χ2n) is 4.37. The van der Waals surface area contributed by atoms with Crippen LogP contribution in [-0.4, -0.2) is 38.3 Å². The van der Waals surface area contributed by atoms with Gasteiger partial charge in [0.25, 0.3) is 0 Å². The van der Waals surface area contributed by atoms with Crippen molar-refractivity contribution >= 4 is 11.3 Å². The predicted octanol–water partition coefficient (Wildman–Crippen LogP) is 2.32. The van der Waals surface area contributed by atoms with Crippen LogP contribution in [0.2, 0.25) is 0 Å². The van der Waals surface area contributed by atoms with Crippen LogP contribution in [0.5, 0.6) is 0 Å². The summed E-state index contributed by atoms with van der Waals surface area (Å²) >= 11 is 1.89. The van der Waals surface area contributed by atoms with Crippen LogP contribution in [0.15, 0.2) is 12.1 Å². The third-order valence-corrected chi connectivity index (χ3v) is 3.90. The van der Waals surface area contributed by atoms with Gasteiger partial charge in [0.2, 0.25) is 0 Å². The van der Waals surface area contributed by atoms with Crippen LogP contribution in [0.4, 0.5) is 0 Å². The van der Waals surface area contributed by atoms with Crippen molar-refractivity contribution in [1.82, 2.24) is 10.2 Å². The molecule has 0 radical (unpaired) electrons. The lowest BCUT2D eigenvalue weighted by Gasteiger charge is -2.23. The van der Waals surface area contributed by atoms with E-state index in [1.54, 1.807) is 7.11 Å². The zero-order valence-corrected chi connectivity index (χ0v) is 12.1. The largest absolute Gasteiger partial charge is 0.383 e. The zero-order valence-electron chi connectivity index (χ0n) is 11.3. The average Bonchev–Trinajstić information content (AvgIpc) is 2.74. The quantitative estimate of drug-likeness (QED) is 0.772. The highest BCUT2D eigenvalue weighted by molar-refractivity contribution is 7.11. The molecule has 0 fully saturated rings. The number of rotatable bonds is 8. The molecule has 0 aliphatic rings. The Bertz CT molecular complexity index is 314. The first-order valence-corrected chi connectivity index (χ1v) is 6.96. The average molecular weight is 256 g/mol. The first-order chi connectivity index (χ1) is 8.17. The Morgan fingerprint density at radius 2 is 2.12 bits per heavy atom. The van der Waals surface area contributed by atoms with Crippen LogP contribution in [0.25, 0.3) is 0 Å². The number of methoxy groups -OCH3 is 1. The molecule has 3 nitrogen and oxygen atoms in total. The SMILES string of the molecule is CCNCc1ccc(CN(C)C(C)COC)s1. The fraction of sp³-hybridized carbons (Fsp3) is 0.692. The van der Waals surface area contributed by atoms with Gasteiger partial charge in [-0.2, -0.15) is 0 Å². The van der Waals surface area contributed by atoms with Crippen molar-refractivity contribution in [3.8, 4) is 0 Å². The van der Waals surface area contributed by atoms with Crippen molar-refractivity contribution in [2.75, 3.05) is 27.3 Å². The number of hydrogen-bond donors (Lipinski definition) is 1. The predicted molar refractivity (Wildman–Crippen MR) is 74.5 cm³/mol. The van der Waals surface area contributed by atoms with Crippen molar-refractivity contribution in [2.24, 2.45) is 0 Å². The van der Waals surface area contributed by atoms with Gasteiger partial charge in [0, 0.05) is 36.0 Å². The first-order valence-electron chi connectivity index (χ1n) is 6.14. The molecule has 1 atom stereocenters. The monoisotopic (exact) mass is 256 g/mol. The molecule has 0 aromatic carbocycles. The molecule has 0 spiro atoms. The molecule has 0 saturated heterocycles. The molecule has 4 heteroatoms. The van der Waals surface area contributed by atoms with Crippen LogP contribution < -0.4 is 5.32 Å². The van der Waals surface area contributed by atoms with E-state index in [1.807, 2.05) is 11.3 Å². The van der Waals surface area contributed by atoms with Gasteiger partial charge >= 0.3 is 0 Å². The normalized spacial score (nSPS) is 13.2. The Kier molecular flexibility index (Phi) is 6.73. The Hall–Kier alpha value is -0.420. The van der Waals surface area contributed by atoms with Gasteiger partial charge in [-0.15, -0.1) is 11.3 Å². The first kappa shape index (κ1) is 14.6. The van der Waals surface area contributed by atoms with E-state index >= 15 is 0 Å². The molecule has 0 bridgehead atoms. The van der Waals surface area contributed by atoms with E-state index < -0.39 is 0 Å². The minimum absolute atomic E-state index is 0.458. The van der Waals surface area contributed by atoms with E-state index in [0.717, 1.165) is 26.2 Å². The van der Waals surface area contributed by atoms with Gasteiger partial charge in [0.15, 0.2) is 0 Å². The van der Waals surface area contributed by atoms with Gasteiger partial charge in [-0.05, 0) is 32.6 Å². The highest BCUT2D eigenvalue weighted by atomic mass is 32.1. The smallest absolute Gasteiger partial charge is 0.0615 e. The lowest BCUT2D eigenvalue weighted by atomic mass is 10.3. The molecule has 1 aromatic rings. The van der Waals surface area contributed by atoms with Gasteiger partial charge < -0.3 is 10.1 Å². The van der Waals surface area contributed by atoms with E-state index in [9.17, 15) is 0 Å². The molecule has 0 aliphatic carbocycles. The van der Waals surface area contributed by atoms with Gasteiger partial charge in [-0.25, -0.2) is 0 Å². The van der Waals surface area contributed by atoms with Crippen molar-refractivity contribution in [2.45, 2.75) is 33.0 Å². The molecular weight excluding hydrogens is 232 g/mol. The highest BCUT2D eigenvalue weighted by Gasteiger charge is 2.10. The minimum atomic E-state index is 0.458. The van der Waals surface area contributed by atoms with Crippen LogP contribution >= 0.6 is 11.3 Å². The number of nitrogens with one attached hydrogen (secondary N) is 1. The van der Waals surface area contributed by atoms with Gasteiger partial charge in [0.05, 0.1) is 6.61 Å². The summed E-state index contributed by atoms with van der Waals surface area (Å²) in [5, 5.41) is 3.35. The number of nitrogens with zero attached hydrogens (tertiary/aromatic N) is 1. The van der Waals surface area contributed by atoms with Gasteiger partial charge in [0.1, 0.15) is 0 Å². The van der Waals surface area contributed by atoms with Crippen LogP contribution in [-0.2, 0) is 17.8 Å². The summed E-state index contributed by atoms with van der Waals surface area (Å²) < 4.78 is 5.17. The van der Waals surface area contributed by atoms with Crippen LogP contribution in [0.1, 0.15) is 23.6 Å². The van der Waals surface area contributed by atoms with Crippen molar-refractivity contribution < 1.29 is 4.74 Å². The zero-order chi connectivity index (χ0) is 12.7. The summed E-state index contributed by atoms with van der Waals surface area (Å²) in [6.45, 7) is 8.12. The molecule has 98 valence electrons. The van der Waals surface area contributed by atoms with Crippen molar-refractivity contribution in [1.29, 1.82) is 0 Å². The molecule has 1 unspecified atom stereocenters. The summed E-state index contributed by atoms with van der Waals surface area (Å²) in [4.78, 5) is 5.16. The summed E-state index contributed by atoms with van der Waals surface area (Å²) in [6.07, 6.45) is 0. The maximum Gasteiger partial charge on any atom is 0.0615 e. The Balaban J connectivity index is 2.42. The van der Waals surface area contributed by atoms with E-state index in [1.165, 1.54) is 9.75 Å². The molecule has 1 heterocycles. The highest BCUT2D eigenvalue weighted by Crippen LogP contribution is 2.18. The third-order valence-electron chi connectivity index (χ3n) is 2.83. The lowest BCUT2D eigenvalue weighted by molar-refractivity contribution is 0.112. The summed E-state index contributed by atoms with van der Waals surface area (Å²) in [7, 11) is 3.90. The molecule has 1 rings (SSSR count). The van der Waals surface area contributed by atoms with Crippen LogP contribution in [0, 0.1) is 0 Å². The summed E-state index contributed by atoms with van der Waals surface area (Å²) in [5.74, 6) is 0. The molecule has 0 amide bonds. The Morgan fingerprint density at radius 1 is 1.41 bits per heavy atom. The standard InChI is InChI=1S/C13H24N2OS/c1-5-14-8-12-6-7-13(17-12)9-15(3)11(2)10-16-4/h6-7,11,14H,5,8-10H2,1-4H3. The molecular formula is C13H24N2OS. The third kappa shape index (κ3) is 5.17. The van der Waals surface area contributed by atoms with E-state index in [0.29, 0.717) is 6.04 Å². The van der Waals surface area contributed by atoms with Gasteiger partial charge in [-0.1, -0.05) is 6.92 Å². The molecule has 1 N–H and O–H groups in total. The maximum atomic E-state index is 5.17. The molecule has 1 aromatic heterocycles. The summed E-state index contributed by atoms with van der Waals surface area (Å²) in [6, 6.07) is 4.91. The minimum Gasteiger partial charge on any atom is -0.383 e. The fourth-order valence-electron chi connectivity index (χ4n) is 1.62. The molecule has 0 saturated carbocycles. The second-order valence-corrected chi connectivity index (χ2v) is 5.62. The van der Waals surface area contributed by atoms with E-state index in [-0.39, 0.29) is 0 Å². The summed E-state index contributed by atoms with van der Waals surface area (Å²) in [5.41, 5.74) is 0. The number of ether oxygens (including phenoxy) is 1. The van der Waals surface area contributed by atoms with Crippen molar-refractivity contribution in [3.05, 3.63) is 21.9 Å². The second kappa shape index (κ2) is 7.82. The van der Waals surface area contributed by atoms with Gasteiger partial charge in [-0.3, -0.25) is 4.90 Å². The van der Waals surface area contributed by atoms with Crippen LogP contribution in [0.3, 0.4) is 0 Å². The Morgan fingerprint density at radius 3 is 2.76 bits per heavy atom. The van der Waals surface area contributed by atoms with Crippen molar-refractivity contribution in [3.63, 3.8) is 0 Å². The number of likely N-dealkylation sites (N-methyl/N-ethyl adjacent to an activating group) is 1. The Labute approximate surface area is 109 Å². The lowest BCUT2D eigenvalue weighted by Crippen LogP contribution is -2.31. The maximum absolute atomic E-state index is 5.17. The van der Waals surface area contributed by atoms with E-state index in [2.05, 4.69) is 43.2 Å². The molecule has 0 aliphatic heterocycles. The number of hydrogen-bond acceptors (Lipinski definition) is 4. The topological polar surface area (TPSA) is 24.5 Å².